The number of halogens is 1. The Morgan fingerprint density at radius 2 is 2.00 bits per heavy atom. The van der Waals surface area contributed by atoms with E-state index in [0.29, 0.717) is 23.7 Å². The lowest BCUT2D eigenvalue weighted by Crippen LogP contribution is -2.05. The van der Waals surface area contributed by atoms with Gasteiger partial charge in [-0.05, 0) is 31.2 Å². The van der Waals surface area contributed by atoms with Crippen molar-refractivity contribution in [3.63, 3.8) is 0 Å². The fourth-order valence-electron chi connectivity index (χ4n) is 2.91. The summed E-state index contributed by atoms with van der Waals surface area (Å²) < 4.78 is 24.7. The average molecular weight is 382 g/mol. The van der Waals surface area contributed by atoms with E-state index in [2.05, 4.69) is 20.1 Å². The third-order valence-corrected chi connectivity index (χ3v) is 4.13. The summed E-state index contributed by atoms with van der Waals surface area (Å²) in [6, 6.07) is 9.31. The molecule has 0 unspecified atom stereocenters. The zero-order chi connectivity index (χ0) is 19.5. The molecule has 0 saturated heterocycles. The highest BCUT2D eigenvalue weighted by Gasteiger charge is 2.16. The lowest BCUT2D eigenvalue weighted by Gasteiger charge is -2.05. The van der Waals surface area contributed by atoms with Gasteiger partial charge in [0.05, 0.1) is 25.1 Å². The minimum absolute atomic E-state index is 0.0607. The van der Waals surface area contributed by atoms with Gasteiger partial charge in [0.25, 0.3) is 0 Å². The lowest BCUT2D eigenvalue weighted by atomic mass is 10.1. The largest absolute Gasteiger partial charge is 0.458 e. The Kier molecular flexibility index (Phi) is 4.98. The fourth-order valence-corrected chi connectivity index (χ4v) is 2.91. The molecule has 0 aliphatic carbocycles. The van der Waals surface area contributed by atoms with Crippen molar-refractivity contribution < 1.29 is 13.5 Å². The van der Waals surface area contributed by atoms with E-state index in [4.69, 9.17) is 14.9 Å². The Morgan fingerprint density at radius 3 is 2.79 bits per heavy atom. The molecule has 0 atom stereocenters. The zero-order valence-corrected chi connectivity index (χ0v) is 15.3. The summed E-state index contributed by atoms with van der Waals surface area (Å²) in [6.07, 6.45) is 2.23. The molecule has 144 valence electrons. The number of nitrogen functional groups attached to an aromatic ring is 1. The van der Waals surface area contributed by atoms with Crippen molar-refractivity contribution in [3.05, 3.63) is 59.2 Å². The van der Waals surface area contributed by atoms with Gasteiger partial charge in [-0.25, -0.2) is 4.39 Å². The topological polar surface area (TPSA) is 104 Å². The maximum atomic E-state index is 12.2. The van der Waals surface area contributed by atoms with Crippen molar-refractivity contribution in [1.82, 2.24) is 24.6 Å². The van der Waals surface area contributed by atoms with Crippen molar-refractivity contribution >= 4 is 11.6 Å². The highest BCUT2D eigenvalue weighted by atomic mass is 19.1. The van der Waals surface area contributed by atoms with Crippen LogP contribution in [0.2, 0.25) is 0 Å². The molecule has 0 saturated carbocycles. The van der Waals surface area contributed by atoms with E-state index in [-0.39, 0.29) is 19.2 Å². The standard InChI is InChI=1S/C19H19FN6O2/c1-12-5-6-16(28-12)18-25-19(21)24-17-13(10-22-26(17)18)9-14-3-2-4-15(23-14)11-27-8-7-20/h2-6,10H,7-9,11H2,1H3,(H2,21,24). The highest BCUT2D eigenvalue weighted by Crippen LogP contribution is 2.23. The molecule has 4 aromatic heterocycles. The van der Waals surface area contributed by atoms with Crippen LogP contribution < -0.4 is 5.73 Å². The second kappa shape index (κ2) is 7.73. The van der Waals surface area contributed by atoms with E-state index in [1.807, 2.05) is 37.3 Å². The van der Waals surface area contributed by atoms with Gasteiger partial charge in [-0.1, -0.05) is 6.07 Å². The lowest BCUT2D eigenvalue weighted by molar-refractivity contribution is 0.104. The molecule has 0 aliphatic rings. The van der Waals surface area contributed by atoms with E-state index in [1.165, 1.54) is 0 Å². The first-order chi connectivity index (χ1) is 13.6. The van der Waals surface area contributed by atoms with E-state index < -0.39 is 6.67 Å². The summed E-state index contributed by atoms with van der Waals surface area (Å²) in [4.78, 5) is 13.2. The van der Waals surface area contributed by atoms with E-state index in [0.717, 1.165) is 22.7 Å². The van der Waals surface area contributed by atoms with Gasteiger partial charge in [-0.15, -0.1) is 0 Å². The van der Waals surface area contributed by atoms with Crippen LogP contribution in [0.3, 0.4) is 0 Å². The molecular weight excluding hydrogens is 363 g/mol. The van der Waals surface area contributed by atoms with Gasteiger partial charge in [0.2, 0.25) is 11.8 Å². The smallest absolute Gasteiger partial charge is 0.224 e. The molecule has 0 aromatic carbocycles. The first kappa shape index (κ1) is 18.1. The number of rotatable bonds is 7. The summed E-state index contributed by atoms with van der Waals surface area (Å²) in [7, 11) is 0. The number of aryl methyl sites for hydroxylation is 1. The molecule has 0 amide bonds. The molecule has 4 aromatic rings. The second-order valence-corrected chi connectivity index (χ2v) is 6.26. The Bertz CT molecular complexity index is 1110. The molecule has 9 heteroatoms. The zero-order valence-electron chi connectivity index (χ0n) is 15.3. The molecule has 4 heterocycles. The Balaban J connectivity index is 1.65. The summed E-state index contributed by atoms with van der Waals surface area (Å²) in [5, 5.41) is 4.41. The number of ether oxygens (including phenoxy) is 1. The van der Waals surface area contributed by atoms with Gasteiger partial charge >= 0.3 is 0 Å². The van der Waals surface area contributed by atoms with Crippen LogP contribution >= 0.6 is 0 Å². The van der Waals surface area contributed by atoms with Crippen molar-refractivity contribution in [1.29, 1.82) is 0 Å². The Hall–Kier alpha value is -3.33. The van der Waals surface area contributed by atoms with Crippen molar-refractivity contribution in [2.24, 2.45) is 0 Å². The quantitative estimate of drug-likeness (QED) is 0.490. The second-order valence-electron chi connectivity index (χ2n) is 6.26. The van der Waals surface area contributed by atoms with Crippen LogP contribution in [0.15, 0.2) is 40.9 Å². The first-order valence-corrected chi connectivity index (χ1v) is 8.79. The van der Waals surface area contributed by atoms with Crippen LogP contribution in [-0.4, -0.2) is 37.8 Å². The molecule has 0 aliphatic heterocycles. The van der Waals surface area contributed by atoms with Gasteiger partial charge < -0.3 is 14.9 Å². The number of nitrogens with two attached hydrogens (primary N) is 1. The number of pyridine rings is 1. The molecule has 0 bridgehead atoms. The summed E-state index contributed by atoms with van der Waals surface area (Å²) in [5.74, 6) is 1.96. The minimum Gasteiger partial charge on any atom is -0.458 e. The SMILES string of the molecule is Cc1ccc(-c2nc(N)nc3c(Cc4cccc(COCCF)n4)cnn23)o1. The number of aromatic nitrogens is 5. The molecular formula is C19H19FN6O2. The predicted molar refractivity (Wildman–Crippen MR) is 100 cm³/mol. The van der Waals surface area contributed by atoms with E-state index in [9.17, 15) is 4.39 Å². The van der Waals surface area contributed by atoms with Gasteiger partial charge in [0, 0.05) is 17.7 Å². The van der Waals surface area contributed by atoms with E-state index in [1.54, 1.807) is 10.7 Å². The van der Waals surface area contributed by atoms with Gasteiger partial charge in [-0.2, -0.15) is 19.6 Å². The predicted octanol–water partition coefficient (Wildman–Crippen LogP) is 2.75. The third kappa shape index (κ3) is 3.70. The highest BCUT2D eigenvalue weighted by molar-refractivity contribution is 5.59. The fraction of sp³-hybridized carbons (Fsp3) is 0.263. The molecule has 0 fully saturated rings. The molecule has 8 nitrogen and oxygen atoms in total. The maximum absolute atomic E-state index is 12.2. The molecule has 4 rings (SSSR count). The van der Waals surface area contributed by atoms with E-state index >= 15 is 0 Å². The summed E-state index contributed by atoms with van der Waals surface area (Å²) in [5.41, 5.74) is 8.93. The van der Waals surface area contributed by atoms with Gasteiger partial charge in [-0.3, -0.25) is 4.98 Å². The molecule has 28 heavy (non-hydrogen) atoms. The summed E-state index contributed by atoms with van der Waals surface area (Å²) >= 11 is 0. The number of alkyl halides is 1. The number of nitrogens with zero attached hydrogens (tertiary/aromatic N) is 5. The number of furan rings is 1. The van der Waals surface area contributed by atoms with Crippen molar-refractivity contribution in [2.45, 2.75) is 20.0 Å². The maximum Gasteiger partial charge on any atom is 0.224 e. The molecule has 2 N–H and O–H groups in total. The Morgan fingerprint density at radius 1 is 1.14 bits per heavy atom. The van der Waals surface area contributed by atoms with Gasteiger partial charge in [0.1, 0.15) is 12.4 Å². The Labute approximate surface area is 160 Å². The van der Waals surface area contributed by atoms with Crippen LogP contribution in [0.25, 0.3) is 17.2 Å². The van der Waals surface area contributed by atoms with Crippen LogP contribution in [0, 0.1) is 6.92 Å². The van der Waals surface area contributed by atoms with Crippen LogP contribution in [-0.2, 0) is 17.8 Å². The number of hydrogen-bond acceptors (Lipinski definition) is 7. The monoisotopic (exact) mass is 382 g/mol. The summed E-state index contributed by atoms with van der Waals surface area (Å²) in [6.45, 7) is 1.67. The van der Waals surface area contributed by atoms with Gasteiger partial charge in [0.15, 0.2) is 11.4 Å². The van der Waals surface area contributed by atoms with Crippen LogP contribution in [0.4, 0.5) is 10.3 Å². The number of hydrogen-bond donors (Lipinski definition) is 1. The van der Waals surface area contributed by atoms with Crippen LogP contribution in [0.5, 0.6) is 0 Å². The molecule has 0 spiro atoms. The van der Waals surface area contributed by atoms with Crippen molar-refractivity contribution in [3.8, 4) is 11.6 Å². The van der Waals surface area contributed by atoms with Crippen LogP contribution in [0.1, 0.15) is 22.7 Å². The number of fused-ring (bicyclic) bond motifs is 1. The minimum atomic E-state index is -0.513. The van der Waals surface area contributed by atoms with Crippen molar-refractivity contribution in [2.75, 3.05) is 19.0 Å². The number of anilines is 1. The molecule has 0 radical (unpaired) electrons. The first-order valence-electron chi connectivity index (χ1n) is 8.79. The normalized spacial score (nSPS) is 11.4. The average Bonchev–Trinajstić information content (AvgIpc) is 3.28. The third-order valence-electron chi connectivity index (χ3n) is 4.13.